The summed E-state index contributed by atoms with van der Waals surface area (Å²) in [6, 6.07) is 3.94. The summed E-state index contributed by atoms with van der Waals surface area (Å²) >= 11 is 0. The normalized spacial score (nSPS) is 9.96. The monoisotopic (exact) mass is 348 g/mol. The average Bonchev–Trinajstić information content (AvgIpc) is 3.23. The number of aromatic nitrogens is 5. The van der Waals surface area contributed by atoms with E-state index < -0.39 is 9.84 Å². The van der Waals surface area contributed by atoms with Crippen LogP contribution in [0.3, 0.4) is 0 Å². The maximum atomic E-state index is 10.6. The molecule has 0 saturated carbocycles. The summed E-state index contributed by atoms with van der Waals surface area (Å²) < 4.78 is 21.2. The summed E-state index contributed by atoms with van der Waals surface area (Å²) in [5.74, 6) is 0. The van der Waals surface area contributed by atoms with Crippen molar-refractivity contribution in [3.05, 3.63) is 60.8 Å². The Morgan fingerprint density at radius 1 is 1.04 bits per heavy atom. The largest absolute Gasteiger partial charge is 0.344 e. The second-order valence-electron chi connectivity index (χ2n) is 4.80. The van der Waals surface area contributed by atoms with E-state index in [1.54, 1.807) is 31.8 Å². The fraction of sp³-hybridized carbons (Fsp3) is 0.200. The molecule has 3 heterocycles. The van der Waals surface area contributed by atoms with E-state index in [4.69, 9.17) is 5.41 Å². The van der Waals surface area contributed by atoms with Gasteiger partial charge in [0.25, 0.3) is 0 Å². The number of aromatic amines is 2. The summed E-state index contributed by atoms with van der Waals surface area (Å²) in [5.41, 5.74) is 2.56. The van der Waals surface area contributed by atoms with Crippen LogP contribution in [0, 0.1) is 12.3 Å². The van der Waals surface area contributed by atoms with Crippen LogP contribution in [0.25, 0.3) is 0 Å². The molecule has 0 aliphatic heterocycles. The maximum absolute atomic E-state index is 10.6. The molecular weight excluding hydrogens is 328 g/mol. The van der Waals surface area contributed by atoms with Gasteiger partial charge in [-0.1, -0.05) is 0 Å². The van der Waals surface area contributed by atoms with Gasteiger partial charge in [0, 0.05) is 18.6 Å². The molecular formula is C15H20N6O2S. The van der Waals surface area contributed by atoms with Crippen molar-refractivity contribution in [3.8, 4) is 0 Å². The number of hydrogen-bond donors (Lipinski definition) is 3. The van der Waals surface area contributed by atoms with Gasteiger partial charge < -0.3 is 15.4 Å². The summed E-state index contributed by atoms with van der Waals surface area (Å²) in [6.07, 6.45) is 10.5. The molecule has 128 valence electrons. The molecule has 0 bridgehead atoms. The Balaban J connectivity index is 0.000000181. The third kappa shape index (κ3) is 7.45. The first-order valence-electron chi connectivity index (χ1n) is 6.89. The molecule has 0 saturated heterocycles. The molecule has 3 N–H and O–H groups in total. The van der Waals surface area contributed by atoms with Crippen molar-refractivity contribution in [1.29, 1.82) is 5.41 Å². The lowest BCUT2D eigenvalue weighted by Crippen LogP contribution is -1.95. The van der Waals surface area contributed by atoms with Crippen LogP contribution in [-0.4, -0.2) is 45.3 Å². The summed E-state index contributed by atoms with van der Waals surface area (Å²) in [4.78, 5) is 16.4. The number of rotatable bonds is 2. The SMILES string of the molecule is CC(=N)c1cnc[nH]1.CS(=O)(=O)c1cnc[nH]1.Cc1ccncc1. The molecule has 24 heavy (non-hydrogen) atoms. The van der Waals surface area contributed by atoms with Gasteiger partial charge in [0.2, 0.25) is 0 Å². The Bertz CT molecular complexity index is 812. The molecule has 0 radical (unpaired) electrons. The van der Waals surface area contributed by atoms with Crippen molar-refractivity contribution >= 4 is 15.5 Å². The molecule has 3 aromatic heterocycles. The minimum Gasteiger partial charge on any atom is -0.344 e. The van der Waals surface area contributed by atoms with Crippen molar-refractivity contribution < 1.29 is 8.42 Å². The zero-order chi connectivity index (χ0) is 18.0. The molecule has 0 aliphatic carbocycles. The van der Waals surface area contributed by atoms with E-state index in [0.29, 0.717) is 5.71 Å². The first kappa shape index (κ1) is 19.2. The van der Waals surface area contributed by atoms with E-state index >= 15 is 0 Å². The van der Waals surface area contributed by atoms with Crippen LogP contribution >= 0.6 is 0 Å². The number of pyridine rings is 1. The topological polar surface area (TPSA) is 128 Å². The van der Waals surface area contributed by atoms with Gasteiger partial charge in [0.15, 0.2) is 14.9 Å². The zero-order valence-corrected chi connectivity index (χ0v) is 14.5. The highest BCUT2D eigenvalue weighted by Gasteiger charge is 2.05. The van der Waals surface area contributed by atoms with Crippen LogP contribution in [-0.2, 0) is 9.84 Å². The molecule has 0 atom stereocenters. The van der Waals surface area contributed by atoms with Crippen LogP contribution < -0.4 is 0 Å². The smallest absolute Gasteiger partial charge is 0.192 e. The molecule has 9 heteroatoms. The Hall–Kier alpha value is -2.81. The number of H-pyrrole nitrogens is 2. The first-order chi connectivity index (χ1) is 11.3. The molecule has 3 rings (SSSR count). The van der Waals surface area contributed by atoms with Crippen LogP contribution in [0.5, 0.6) is 0 Å². The minimum absolute atomic E-state index is 0.155. The summed E-state index contributed by atoms with van der Waals surface area (Å²) in [7, 11) is -3.08. The Labute approximate surface area is 140 Å². The van der Waals surface area contributed by atoms with Gasteiger partial charge in [0.1, 0.15) is 0 Å². The summed E-state index contributed by atoms with van der Waals surface area (Å²) in [5, 5.41) is 7.24. The van der Waals surface area contributed by atoms with Gasteiger partial charge in [-0.05, 0) is 31.5 Å². The highest BCUT2D eigenvalue weighted by molar-refractivity contribution is 7.90. The number of nitrogens with one attached hydrogen (secondary N) is 3. The lowest BCUT2D eigenvalue weighted by atomic mass is 10.3. The second-order valence-corrected chi connectivity index (χ2v) is 6.79. The third-order valence-corrected chi connectivity index (χ3v) is 3.64. The van der Waals surface area contributed by atoms with Crippen LogP contribution in [0.4, 0.5) is 0 Å². The molecule has 0 spiro atoms. The van der Waals surface area contributed by atoms with Crippen LogP contribution in [0.1, 0.15) is 18.2 Å². The van der Waals surface area contributed by atoms with Gasteiger partial charge in [-0.25, -0.2) is 18.4 Å². The number of imidazole rings is 2. The standard InChI is InChI=1S/C6H7N.C5H7N3.C4H6N2O2S/c1-6-2-4-7-5-3-6;1-4(6)5-2-7-3-8-5;1-9(7,8)4-2-5-3-6-4/h2-5H,1H3;2-3,6H,1H3,(H,7,8);2-3H,1H3,(H,5,6). The third-order valence-electron chi connectivity index (χ3n) is 2.62. The second kappa shape index (κ2) is 9.36. The number of aryl methyl sites for hydroxylation is 1. The predicted molar refractivity (Wildman–Crippen MR) is 91.8 cm³/mol. The van der Waals surface area contributed by atoms with Crippen molar-refractivity contribution in [2.45, 2.75) is 18.9 Å². The highest BCUT2D eigenvalue weighted by Crippen LogP contribution is 1.99. The van der Waals surface area contributed by atoms with Gasteiger partial charge in [-0.3, -0.25) is 4.98 Å². The van der Waals surface area contributed by atoms with Gasteiger partial charge >= 0.3 is 0 Å². The minimum atomic E-state index is -3.08. The molecule has 0 amide bonds. The average molecular weight is 348 g/mol. The Morgan fingerprint density at radius 2 is 1.62 bits per heavy atom. The van der Waals surface area contributed by atoms with E-state index in [9.17, 15) is 8.42 Å². The lowest BCUT2D eigenvalue weighted by molar-refractivity contribution is 0.599. The van der Waals surface area contributed by atoms with Gasteiger partial charge in [0.05, 0.1) is 36.5 Å². The van der Waals surface area contributed by atoms with E-state index in [1.807, 2.05) is 19.1 Å². The molecule has 0 unspecified atom stereocenters. The zero-order valence-electron chi connectivity index (χ0n) is 13.7. The maximum Gasteiger partial charge on any atom is 0.192 e. The quantitative estimate of drug-likeness (QED) is 0.610. The van der Waals surface area contributed by atoms with Crippen molar-refractivity contribution in [2.75, 3.05) is 6.26 Å². The highest BCUT2D eigenvalue weighted by atomic mass is 32.2. The first-order valence-corrected chi connectivity index (χ1v) is 8.79. The number of nitrogens with zero attached hydrogens (tertiary/aromatic N) is 3. The van der Waals surface area contributed by atoms with Gasteiger partial charge in [-0.2, -0.15) is 0 Å². The Kier molecular flexibility index (Phi) is 7.50. The molecule has 0 aliphatic rings. The van der Waals surface area contributed by atoms with Crippen molar-refractivity contribution in [2.24, 2.45) is 0 Å². The van der Waals surface area contributed by atoms with E-state index in [-0.39, 0.29) is 5.03 Å². The molecule has 0 aromatic carbocycles. The van der Waals surface area contributed by atoms with Crippen molar-refractivity contribution in [1.82, 2.24) is 24.9 Å². The molecule has 0 fully saturated rings. The van der Waals surface area contributed by atoms with E-state index in [1.165, 1.54) is 18.1 Å². The molecule has 3 aromatic rings. The van der Waals surface area contributed by atoms with E-state index in [0.717, 1.165) is 11.9 Å². The fourth-order valence-corrected chi connectivity index (χ4v) is 1.85. The van der Waals surface area contributed by atoms with E-state index in [2.05, 4.69) is 24.9 Å². The number of sulfone groups is 1. The fourth-order valence-electron chi connectivity index (χ4n) is 1.33. The van der Waals surface area contributed by atoms with Crippen LogP contribution in [0.15, 0.2) is 54.6 Å². The van der Waals surface area contributed by atoms with Gasteiger partial charge in [-0.15, -0.1) is 0 Å². The summed E-state index contributed by atoms with van der Waals surface area (Å²) in [6.45, 7) is 3.76. The number of hydrogen-bond acceptors (Lipinski definition) is 6. The Morgan fingerprint density at radius 3 is 1.88 bits per heavy atom. The van der Waals surface area contributed by atoms with Crippen LogP contribution in [0.2, 0.25) is 0 Å². The van der Waals surface area contributed by atoms with Crippen molar-refractivity contribution in [3.63, 3.8) is 0 Å². The lowest BCUT2D eigenvalue weighted by Gasteiger charge is -1.86. The molecule has 8 nitrogen and oxygen atoms in total. The predicted octanol–water partition coefficient (Wildman–Crippen LogP) is 2.00.